The predicted octanol–water partition coefficient (Wildman–Crippen LogP) is 3.74. The minimum absolute atomic E-state index is 0.108. The van der Waals surface area contributed by atoms with Gasteiger partial charge in [-0.3, -0.25) is 4.79 Å². The number of hydrogen-bond acceptors (Lipinski definition) is 6. The molecule has 0 heterocycles. The first kappa shape index (κ1) is 23.3. The second-order valence-corrected chi connectivity index (χ2v) is 7.91. The van der Waals surface area contributed by atoms with Crippen LogP contribution >= 0.6 is 0 Å². The molecule has 0 aromatic heterocycles. The van der Waals surface area contributed by atoms with Crippen molar-refractivity contribution in [3.8, 4) is 17.2 Å². The third kappa shape index (κ3) is 6.51. The molecule has 7 nitrogen and oxygen atoms in total. The number of hydrogen-bond donors (Lipinski definition) is 2. The third-order valence-electron chi connectivity index (χ3n) is 5.33. The maximum Gasteiger partial charge on any atom is 0.255 e. The Morgan fingerprint density at radius 1 is 1.07 bits per heavy atom. The molecule has 1 fully saturated rings. The minimum atomic E-state index is -0.726. The molecule has 0 radical (unpaired) electrons. The molecule has 0 aliphatic heterocycles. The first-order chi connectivity index (χ1) is 13.9. The highest BCUT2D eigenvalue weighted by Gasteiger charge is 2.30. The van der Waals surface area contributed by atoms with Crippen molar-refractivity contribution in [1.82, 2.24) is 0 Å². The number of methoxy groups -OCH3 is 3. The Bertz CT molecular complexity index is 634. The van der Waals surface area contributed by atoms with Crippen molar-refractivity contribution in [3.63, 3.8) is 0 Å². The van der Waals surface area contributed by atoms with E-state index in [4.69, 9.17) is 24.7 Å². The van der Waals surface area contributed by atoms with Gasteiger partial charge in [0, 0.05) is 23.9 Å². The van der Waals surface area contributed by atoms with Gasteiger partial charge in [-0.2, -0.15) is 0 Å². The van der Waals surface area contributed by atoms with Crippen LogP contribution in [0.3, 0.4) is 0 Å². The zero-order chi connectivity index (χ0) is 21.4. The van der Waals surface area contributed by atoms with Crippen molar-refractivity contribution in [3.05, 3.63) is 12.1 Å². The summed E-state index contributed by atoms with van der Waals surface area (Å²) in [6.07, 6.45) is 6.08. The summed E-state index contributed by atoms with van der Waals surface area (Å²) in [5.41, 5.74) is 6.99. The number of amides is 1. The third-order valence-corrected chi connectivity index (χ3v) is 5.33. The van der Waals surface area contributed by atoms with Gasteiger partial charge in [-0.15, -0.1) is 0 Å². The van der Waals surface area contributed by atoms with E-state index >= 15 is 0 Å². The van der Waals surface area contributed by atoms with Gasteiger partial charge in [0.05, 0.1) is 27.4 Å². The molecule has 1 aliphatic rings. The summed E-state index contributed by atoms with van der Waals surface area (Å²) in [4.78, 5) is 13.1. The Morgan fingerprint density at radius 3 is 2.14 bits per heavy atom. The predicted molar refractivity (Wildman–Crippen MR) is 114 cm³/mol. The molecule has 1 aliphatic carbocycles. The highest BCUT2D eigenvalue weighted by atomic mass is 16.5. The van der Waals surface area contributed by atoms with E-state index < -0.39 is 6.10 Å². The van der Waals surface area contributed by atoms with Crippen LogP contribution in [-0.4, -0.2) is 45.5 Å². The second kappa shape index (κ2) is 11.3. The monoisotopic (exact) mass is 408 g/mol. The lowest BCUT2D eigenvalue weighted by molar-refractivity contribution is -0.132. The Labute approximate surface area is 174 Å². The van der Waals surface area contributed by atoms with Gasteiger partial charge in [-0.25, -0.2) is 0 Å². The number of carbonyl (C=O) groups excluding carboxylic acids is 1. The SMILES string of the molecule is COc1cc(NC(=O)C(OC(C)C)[C@H](N)CC2CCCCC2)cc(OC)c1OC. The summed E-state index contributed by atoms with van der Waals surface area (Å²) in [5, 5.41) is 2.91. The van der Waals surface area contributed by atoms with E-state index in [0.717, 1.165) is 6.42 Å². The maximum absolute atomic E-state index is 13.1. The molecule has 2 rings (SSSR count). The number of ether oxygens (including phenoxy) is 4. The Balaban J connectivity index is 2.16. The summed E-state index contributed by atoms with van der Waals surface area (Å²) in [6.45, 7) is 3.82. The molecule has 0 spiro atoms. The first-order valence-corrected chi connectivity index (χ1v) is 10.4. The molecule has 2 atom stereocenters. The van der Waals surface area contributed by atoms with Gasteiger partial charge in [0.2, 0.25) is 5.75 Å². The lowest BCUT2D eigenvalue weighted by Crippen LogP contribution is -2.47. The lowest BCUT2D eigenvalue weighted by atomic mass is 9.84. The zero-order valence-electron chi connectivity index (χ0n) is 18.3. The fourth-order valence-corrected chi connectivity index (χ4v) is 3.95. The molecule has 1 aromatic rings. The van der Waals surface area contributed by atoms with E-state index in [1.165, 1.54) is 53.4 Å². The molecule has 29 heavy (non-hydrogen) atoms. The van der Waals surface area contributed by atoms with Crippen LogP contribution in [0.1, 0.15) is 52.4 Å². The molecular formula is C22H36N2O5. The largest absolute Gasteiger partial charge is 0.493 e. The molecule has 1 saturated carbocycles. The topological polar surface area (TPSA) is 92.0 Å². The van der Waals surface area contributed by atoms with Crippen molar-refractivity contribution >= 4 is 11.6 Å². The molecule has 1 aromatic carbocycles. The minimum Gasteiger partial charge on any atom is -0.493 e. The molecule has 0 bridgehead atoms. The first-order valence-electron chi connectivity index (χ1n) is 10.4. The summed E-state index contributed by atoms with van der Waals surface area (Å²) >= 11 is 0. The Morgan fingerprint density at radius 2 is 1.66 bits per heavy atom. The van der Waals surface area contributed by atoms with Crippen LogP contribution in [0.15, 0.2) is 12.1 Å². The van der Waals surface area contributed by atoms with Crippen LogP contribution in [0.25, 0.3) is 0 Å². The lowest BCUT2D eigenvalue weighted by Gasteiger charge is -2.30. The van der Waals surface area contributed by atoms with Gasteiger partial charge < -0.3 is 30.0 Å². The van der Waals surface area contributed by atoms with Gasteiger partial charge in [0.15, 0.2) is 17.6 Å². The molecule has 164 valence electrons. The van der Waals surface area contributed by atoms with Crippen molar-refractivity contribution < 1.29 is 23.7 Å². The summed E-state index contributed by atoms with van der Waals surface area (Å²) in [7, 11) is 4.61. The van der Waals surface area contributed by atoms with Crippen LogP contribution < -0.4 is 25.3 Å². The average Bonchev–Trinajstić information content (AvgIpc) is 2.71. The van der Waals surface area contributed by atoms with Gasteiger partial charge in [-0.1, -0.05) is 32.1 Å². The van der Waals surface area contributed by atoms with Crippen molar-refractivity contribution in [2.75, 3.05) is 26.6 Å². The van der Waals surface area contributed by atoms with Gasteiger partial charge in [0.1, 0.15) is 0 Å². The smallest absolute Gasteiger partial charge is 0.255 e. The van der Waals surface area contributed by atoms with E-state index in [0.29, 0.717) is 28.9 Å². The number of anilines is 1. The summed E-state index contributed by atoms with van der Waals surface area (Å²) in [5.74, 6) is 1.70. The van der Waals surface area contributed by atoms with Crippen LogP contribution in [0.2, 0.25) is 0 Å². The van der Waals surface area contributed by atoms with E-state index in [9.17, 15) is 4.79 Å². The highest BCUT2D eigenvalue weighted by Crippen LogP contribution is 2.40. The fourth-order valence-electron chi connectivity index (χ4n) is 3.95. The normalized spacial score (nSPS) is 16.9. The Kier molecular flexibility index (Phi) is 9.04. The zero-order valence-corrected chi connectivity index (χ0v) is 18.3. The molecular weight excluding hydrogens is 372 g/mol. The molecule has 1 amide bonds. The van der Waals surface area contributed by atoms with Gasteiger partial charge >= 0.3 is 0 Å². The fraction of sp³-hybridized carbons (Fsp3) is 0.682. The number of carbonyl (C=O) groups is 1. The molecule has 3 N–H and O–H groups in total. The number of nitrogens with one attached hydrogen (secondary N) is 1. The highest BCUT2D eigenvalue weighted by molar-refractivity contribution is 5.95. The van der Waals surface area contributed by atoms with Crippen molar-refractivity contribution in [1.29, 1.82) is 0 Å². The molecule has 7 heteroatoms. The summed E-state index contributed by atoms with van der Waals surface area (Å²) in [6, 6.07) is 3.03. The van der Waals surface area contributed by atoms with Gasteiger partial charge in [-0.05, 0) is 26.2 Å². The average molecular weight is 409 g/mol. The van der Waals surface area contributed by atoms with Crippen LogP contribution in [-0.2, 0) is 9.53 Å². The van der Waals surface area contributed by atoms with Crippen LogP contribution in [0.4, 0.5) is 5.69 Å². The van der Waals surface area contributed by atoms with Crippen molar-refractivity contribution in [2.24, 2.45) is 11.7 Å². The van der Waals surface area contributed by atoms with E-state index in [1.807, 2.05) is 13.8 Å². The maximum atomic E-state index is 13.1. The summed E-state index contributed by atoms with van der Waals surface area (Å²) < 4.78 is 22.0. The van der Waals surface area contributed by atoms with E-state index in [-0.39, 0.29) is 18.1 Å². The number of benzene rings is 1. The van der Waals surface area contributed by atoms with Crippen LogP contribution in [0, 0.1) is 5.92 Å². The molecule has 0 saturated heterocycles. The van der Waals surface area contributed by atoms with E-state index in [1.54, 1.807) is 12.1 Å². The van der Waals surface area contributed by atoms with Crippen LogP contribution in [0.5, 0.6) is 17.2 Å². The van der Waals surface area contributed by atoms with Gasteiger partial charge in [0.25, 0.3) is 5.91 Å². The Hall–Kier alpha value is -1.99. The number of nitrogens with two attached hydrogens (primary N) is 1. The van der Waals surface area contributed by atoms with Crippen molar-refractivity contribution in [2.45, 2.75) is 70.6 Å². The van der Waals surface area contributed by atoms with E-state index in [2.05, 4.69) is 5.32 Å². The molecule has 1 unspecified atom stereocenters. The second-order valence-electron chi connectivity index (χ2n) is 7.91. The standard InChI is InChI=1S/C22H36N2O5/c1-14(2)29-20(17(23)11-15-9-7-6-8-10-15)22(25)24-16-12-18(26-3)21(28-5)19(13-16)27-4/h12-15,17,20H,6-11,23H2,1-5H3,(H,24,25)/t17-,20?/m1/s1. The quantitative estimate of drug-likeness (QED) is 0.613. The number of rotatable bonds is 10.